The summed E-state index contributed by atoms with van der Waals surface area (Å²) in [7, 11) is -0.862. The molecule has 148 valence electrons. The van der Waals surface area contributed by atoms with Crippen molar-refractivity contribution in [2.45, 2.75) is 12.2 Å². The summed E-state index contributed by atoms with van der Waals surface area (Å²) in [5, 5.41) is 20.5. The maximum Gasteiger partial charge on any atom is 0.156 e. The summed E-state index contributed by atoms with van der Waals surface area (Å²) in [5.74, 6) is -0.245. The Morgan fingerprint density at radius 1 is 0.852 bits per heavy atom. The van der Waals surface area contributed by atoms with E-state index in [1.807, 2.05) is 0 Å². The monoisotopic (exact) mass is 396 g/mol. The summed E-state index contributed by atoms with van der Waals surface area (Å²) in [6.45, 7) is 0. The van der Waals surface area contributed by atoms with Gasteiger partial charge in [0, 0.05) is 0 Å². The fraction of sp³-hybridized carbons (Fsp3) is 0.333. The average molecular weight is 396 g/mol. The molecule has 0 radical (unpaired) electrons. The molecule has 0 aromatic heterocycles. The van der Waals surface area contributed by atoms with Crippen LogP contribution in [0.4, 0.5) is 11.4 Å². The highest BCUT2D eigenvalue weighted by Crippen LogP contribution is 2.28. The van der Waals surface area contributed by atoms with Gasteiger partial charge in [-0.05, 0) is 35.4 Å². The highest BCUT2D eigenvalue weighted by Gasteiger charge is 2.24. The molecule has 0 aliphatic heterocycles. The zero-order chi connectivity index (χ0) is 20.2. The predicted octanol–water partition coefficient (Wildman–Crippen LogP) is 1.05. The summed E-state index contributed by atoms with van der Waals surface area (Å²) in [4.78, 5) is 0. The van der Waals surface area contributed by atoms with Crippen molar-refractivity contribution in [3.63, 3.8) is 0 Å². The van der Waals surface area contributed by atoms with Gasteiger partial charge in [0.25, 0.3) is 0 Å². The smallest absolute Gasteiger partial charge is 0.156 e. The van der Waals surface area contributed by atoms with Crippen LogP contribution in [0.2, 0.25) is 0 Å². The minimum absolute atomic E-state index is 0.292. The lowest BCUT2D eigenvalue weighted by molar-refractivity contribution is 0.194. The third kappa shape index (κ3) is 5.25. The Hall–Kier alpha value is -2.49. The molecule has 0 bridgehead atoms. The molecular formula is C18H24N2O6S. The molecule has 0 saturated carbocycles. The van der Waals surface area contributed by atoms with Gasteiger partial charge in [-0.2, -0.15) is 0 Å². The van der Waals surface area contributed by atoms with Crippen LogP contribution in [0.3, 0.4) is 0 Å². The Morgan fingerprint density at radius 3 is 1.52 bits per heavy atom. The van der Waals surface area contributed by atoms with Crippen molar-refractivity contribution in [3.8, 4) is 11.5 Å². The van der Waals surface area contributed by atoms with Crippen molar-refractivity contribution in [2.75, 3.05) is 37.2 Å². The summed E-state index contributed by atoms with van der Waals surface area (Å²) in [6, 6.07) is 9.09. The predicted molar refractivity (Wildman–Crippen MR) is 103 cm³/mol. The van der Waals surface area contributed by atoms with Gasteiger partial charge in [0.1, 0.15) is 11.5 Å². The topological polar surface area (TPSA) is 145 Å². The summed E-state index contributed by atoms with van der Waals surface area (Å²) in [6.07, 6.45) is -2.56. The Labute approximate surface area is 158 Å². The molecule has 2 atom stereocenters. The maximum absolute atomic E-state index is 12.4. The first-order valence-corrected chi connectivity index (χ1v) is 9.92. The first kappa shape index (κ1) is 20.8. The van der Waals surface area contributed by atoms with E-state index in [-0.39, 0.29) is 0 Å². The van der Waals surface area contributed by atoms with E-state index in [0.29, 0.717) is 34.0 Å². The maximum atomic E-state index is 12.4. The zero-order valence-corrected chi connectivity index (χ0v) is 15.9. The number of anilines is 2. The van der Waals surface area contributed by atoms with Crippen LogP contribution in [0, 0.1) is 0 Å². The molecule has 8 nitrogen and oxygen atoms in total. The van der Waals surface area contributed by atoms with Gasteiger partial charge in [0.2, 0.25) is 0 Å². The van der Waals surface area contributed by atoms with Crippen LogP contribution in [0.5, 0.6) is 11.5 Å². The lowest BCUT2D eigenvalue weighted by Gasteiger charge is -2.16. The molecule has 2 rings (SSSR count). The van der Waals surface area contributed by atoms with E-state index in [0.717, 1.165) is 0 Å². The van der Waals surface area contributed by atoms with Crippen LogP contribution in [-0.2, 0) is 9.84 Å². The molecule has 0 spiro atoms. The lowest BCUT2D eigenvalue weighted by atomic mass is 10.1. The molecular weight excluding hydrogens is 372 g/mol. The van der Waals surface area contributed by atoms with Crippen molar-refractivity contribution in [1.29, 1.82) is 0 Å². The number of aliphatic hydroxyl groups is 2. The molecule has 0 aliphatic carbocycles. The average Bonchev–Trinajstić information content (AvgIpc) is 2.60. The first-order valence-electron chi connectivity index (χ1n) is 8.10. The van der Waals surface area contributed by atoms with Crippen molar-refractivity contribution in [1.82, 2.24) is 0 Å². The van der Waals surface area contributed by atoms with E-state index in [9.17, 15) is 18.6 Å². The molecule has 27 heavy (non-hydrogen) atoms. The first-order chi connectivity index (χ1) is 12.7. The Bertz CT molecular complexity index is 833. The van der Waals surface area contributed by atoms with Crippen LogP contribution in [0.25, 0.3) is 0 Å². The van der Waals surface area contributed by atoms with Crippen LogP contribution >= 0.6 is 0 Å². The van der Waals surface area contributed by atoms with E-state index >= 15 is 0 Å². The number of hydrogen-bond donors (Lipinski definition) is 4. The highest BCUT2D eigenvalue weighted by atomic mass is 32.2. The number of methoxy groups -OCH3 is 2. The summed E-state index contributed by atoms with van der Waals surface area (Å²) in [5.41, 5.74) is 12.8. The number of aliphatic hydroxyl groups excluding tert-OH is 2. The number of nitrogens with two attached hydrogens (primary N) is 2. The molecule has 2 aromatic rings. The molecule has 0 saturated heterocycles. The quantitative estimate of drug-likeness (QED) is 0.485. The number of ether oxygens (including phenoxy) is 2. The second kappa shape index (κ2) is 8.47. The van der Waals surface area contributed by atoms with E-state index in [1.165, 1.54) is 38.5 Å². The van der Waals surface area contributed by atoms with Gasteiger partial charge in [0.15, 0.2) is 9.84 Å². The third-order valence-electron chi connectivity index (χ3n) is 4.10. The van der Waals surface area contributed by atoms with Crippen LogP contribution in [0.15, 0.2) is 36.4 Å². The molecule has 2 aromatic carbocycles. The van der Waals surface area contributed by atoms with Gasteiger partial charge < -0.3 is 31.2 Å². The lowest BCUT2D eigenvalue weighted by Crippen LogP contribution is -2.22. The van der Waals surface area contributed by atoms with Crippen LogP contribution in [0.1, 0.15) is 23.3 Å². The minimum Gasteiger partial charge on any atom is -0.495 e. The van der Waals surface area contributed by atoms with E-state index < -0.39 is 33.6 Å². The highest BCUT2D eigenvalue weighted by molar-refractivity contribution is 7.91. The van der Waals surface area contributed by atoms with Crippen molar-refractivity contribution >= 4 is 21.2 Å². The van der Waals surface area contributed by atoms with Crippen molar-refractivity contribution < 1.29 is 28.1 Å². The summed E-state index contributed by atoms with van der Waals surface area (Å²) >= 11 is 0. The second-order valence-corrected chi connectivity index (χ2v) is 8.27. The number of benzene rings is 2. The van der Waals surface area contributed by atoms with Gasteiger partial charge in [-0.1, -0.05) is 12.1 Å². The van der Waals surface area contributed by atoms with E-state index in [2.05, 4.69) is 0 Å². The Balaban J connectivity index is 2.09. The van der Waals surface area contributed by atoms with Crippen molar-refractivity contribution in [2.24, 2.45) is 0 Å². The standard InChI is InChI=1S/C18H24N2O6S/c1-25-17-5-3-11(7-13(17)19)15(21)9-27(23,24)10-16(22)12-4-6-18(26-2)14(20)8-12/h3-8,15-16,21-22H,9-10,19-20H2,1-2H3. The SMILES string of the molecule is COc1ccc(C(O)CS(=O)(=O)CC(O)c2ccc(OC)c(N)c2)cc1N. The number of rotatable bonds is 8. The zero-order valence-electron chi connectivity index (χ0n) is 15.1. The number of hydrogen-bond acceptors (Lipinski definition) is 8. The summed E-state index contributed by atoms with van der Waals surface area (Å²) < 4.78 is 34.8. The normalized spacial score (nSPS) is 13.8. The molecule has 6 N–H and O–H groups in total. The van der Waals surface area contributed by atoms with Crippen molar-refractivity contribution in [3.05, 3.63) is 47.5 Å². The van der Waals surface area contributed by atoms with Gasteiger partial charge in [-0.3, -0.25) is 0 Å². The second-order valence-electron chi connectivity index (χ2n) is 6.11. The fourth-order valence-electron chi connectivity index (χ4n) is 2.66. The fourth-order valence-corrected chi connectivity index (χ4v) is 4.14. The van der Waals surface area contributed by atoms with Gasteiger partial charge >= 0.3 is 0 Å². The van der Waals surface area contributed by atoms with Crippen LogP contribution < -0.4 is 20.9 Å². The molecule has 0 amide bonds. The van der Waals surface area contributed by atoms with Crippen LogP contribution in [-0.4, -0.2) is 44.4 Å². The largest absolute Gasteiger partial charge is 0.495 e. The molecule has 0 aliphatic rings. The van der Waals surface area contributed by atoms with E-state index in [1.54, 1.807) is 12.1 Å². The van der Waals surface area contributed by atoms with Gasteiger partial charge in [-0.25, -0.2) is 8.42 Å². The van der Waals surface area contributed by atoms with Gasteiger partial charge in [0.05, 0.1) is 49.3 Å². The van der Waals surface area contributed by atoms with E-state index in [4.69, 9.17) is 20.9 Å². The molecule has 9 heteroatoms. The number of nitrogen functional groups attached to an aromatic ring is 2. The van der Waals surface area contributed by atoms with Gasteiger partial charge in [-0.15, -0.1) is 0 Å². The Kier molecular flexibility index (Phi) is 6.53. The third-order valence-corrected chi connectivity index (χ3v) is 5.75. The molecule has 0 heterocycles. The molecule has 2 unspecified atom stereocenters. The molecule has 0 fully saturated rings. The Morgan fingerprint density at radius 2 is 1.22 bits per heavy atom. The minimum atomic E-state index is -3.78. The number of sulfone groups is 1.